The summed E-state index contributed by atoms with van der Waals surface area (Å²) in [5.74, 6) is 0. The van der Waals surface area contributed by atoms with E-state index in [0.717, 1.165) is 41.1 Å². The molecule has 1 aliphatic carbocycles. The quantitative estimate of drug-likeness (QED) is 0.896. The van der Waals surface area contributed by atoms with Gasteiger partial charge in [-0.15, -0.1) is 0 Å². The fourth-order valence-electron chi connectivity index (χ4n) is 2.81. The number of benzene rings is 1. The maximum absolute atomic E-state index is 11.5. The first-order valence-corrected chi connectivity index (χ1v) is 10.6. The van der Waals surface area contributed by atoms with Crippen LogP contribution in [0.5, 0.6) is 0 Å². The van der Waals surface area contributed by atoms with Crippen molar-refractivity contribution in [3.8, 4) is 10.6 Å². The van der Waals surface area contributed by atoms with Gasteiger partial charge in [-0.05, 0) is 25.0 Å². The van der Waals surface area contributed by atoms with Gasteiger partial charge < -0.3 is 5.11 Å². The number of aliphatic hydroxyl groups excluding tert-OH is 1. The largest absolute Gasteiger partial charge is 0.391 e. The standard InChI is InChI=1S/C16H21N3O3S2/c1-19-16(17-13-5-3-4-6-14(13)20)23-15(18-19)11-7-9-12(10-8-11)24(2,21)22/h7-10,13-14,20H,3-6H2,1-2H3/b17-16+. The van der Waals surface area contributed by atoms with E-state index in [1.807, 2.05) is 7.05 Å². The van der Waals surface area contributed by atoms with Crippen LogP contribution >= 0.6 is 11.3 Å². The maximum atomic E-state index is 11.5. The van der Waals surface area contributed by atoms with Crippen molar-refractivity contribution in [3.05, 3.63) is 29.1 Å². The van der Waals surface area contributed by atoms with Gasteiger partial charge in [-0.2, -0.15) is 5.10 Å². The molecule has 2 unspecified atom stereocenters. The topological polar surface area (TPSA) is 84.5 Å². The molecule has 8 heteroatoms. The lowest BCUT2D eigenvalue weighted by molar-refractivity contribution is 0.107. The average molecular weight is 367 g/mol. The van der Waals surface area contributed by atoms with E-state index in [9.17, 15) is 13.5 Å². The minimum absolute atomic E-state index is 0.0640. The predicted octanol–water partition coefficient (Wildman–Crippen LogP) is 1.76. The minimum atomic E-state index is -3.20. The van der Waals surface area contributed by atoms with E-state index in [1.165, 1.54) is 17.6 Å². The lowest BCUT2D eigenvalue weighted by Crippen LogP contribution is -2.30. The van der Waals surface area contributed by atoms with Crippen molar-refractivity contribution in [1.29, 1.82) is 0 Å². The summed E-state index contributed by atoms with van der Waals surface area (Å²) in [6, 6.07) is 6.63. The number of sulfone groups is 1. The summed E-state index contributed by atoms with van der Waals surface area (Å²) < 4.78 is 24.8. The van der Waals surface area contributed by atoms with Crippen LogP contribution in [0.1, 0.15) is 25.7 Å². The predicted molar refractivity (Wildman–Crippen MR) is 93.5 cm³/mol. The molecular weight excluding hydrogens is 346 g/mol. The Balaban J connectivity index is 1.91. The van der Waals surface area contributed by atoms with E-state index in [2.05, 4.69) is 10.1 Å². The number of hydrogen-bond acceptors (Lipinski definition) is 6. The van der Waals surface area contributed by atoms with Gasteiger partial charge in [-0.25, -0.2) is 13.1 Å². The van der Waals surface area contributed by atoms with Gasteiger partial charge >= 0.3 is 0 Å². The molecule has 1 saturated carbocycles. The van der Waals surface area contributed by atoms with E-state index in [4.69, 9.17) is 0 Å². The Morgan fingerprint density at radius 2 is 1.92 bits per heavy atom. The van der Waals surface area contributed by atoms with E-state index < -0.39 is 9.84 Å². The first-order chi connectivity index (χ1) is 11.3. The van der Waals surface area contributed by atoms with E-state index in [1.54, 1.807) is 28.9 Å². The molecule has 2 atom stereocenters. The summed E-state index contributed by atoms with van der Waals surface area (Å²) in [6.07, 6.45) is 4.66. The molecule has 1 heterocycles. The van der Waals surface area contributed by atoms with Gasteiger partial charge in [-0.3, -0.25) is 4.99 Å². The molecule has 0 saturated heterocycles. The second-order valence-electron chi connectivity index (χ2n) is 6.16. The molecule has 2 aromatic rings. The smallest absolute Gasteiger partial charge is 0.203 e. The molecule has 0 amide bonds. The summed E-state index contributed by atoms with van der Waals surface area (Å²) in [4.78, 5) is 5.74. The van der Waals surface area contributed by atoms with Gasteiger partial charge in [0, 0.05) is 18.9 Å². The molecule has 24 heavy (non-hydrogen) atoms. The fraction of sp³-hybridized carbons (Fsp3) is 0.500. The monoisotopic (exact) mass is 367 g/mol. The van der Waals surface area contributed by atoms with Crippen LogP contribution in [0.15, 0.2) is 34.2 Å². The Morgan fingerprint density at radius 3 is 2.54 bits per heavy atom. The number of aryl methyl sites for hydroxylation is 1. The third-order valence-corrected chi connectivity index (χ3v) is 6.40. The van der Waals surface area contributed by atoms with Crippen molar-refractivity contribution in [3.63, 3.8) is 0 Å². The highest BCUT2D eigenvalue weighted by molar-refractivity contribution is 7.90. The Morgan fingerprint density at radius 1 is 1.25 bits per heavy atom. The molecule has 6 nitrogen and oxygen atoms in total. The Kier molecular flexibility index (Phi) is 4.89. The van der Waals surface area contributed by atoms with Crippen LogP contribution in [0.2, 0.25) is 0 Å². The highest BCUT2D eigenvalue weighted by Gasteiger charge is 2.22. The summed E-state index contributed by atoms with van der Waals surface area (Å²) in [5, 5.41) is 15.3. The minimum Gasteiger partial charge on any atom is -0.391 e. The first kappa shape index (κ1) is 17.3. The molecule has 1 fully saturated rings. The summed E-state index contributed by atoms with van der Waals surface area (Å²) in [5.41, 5.74) is 0.855. The highest BCUT2D eigenvalue weighted by atomic mass is 32.2. The molecular formula is C16H21N3O3S2. The molecule has 0 aliphatic heterocycles. The number of rotatable bonds is 3. The molecule has 0 radical (unpaired) electrons. The van der Waals surface area contributed by atoms with Crippen LogP contribution in [0.4, 0.5) is 0 Å². The molecule has 3 rings (SSSR count). The third-order valence-electron chi connectivity index (χ3n) is 4.21. The van der Waals surface area contributed by atoms with E-state index in [-0.39, 0.29) is 12.1 Å². The molecule has 1 aliphatic rings. The van der Waals surface area contributed by atoms with Crippen LogP contribution in [0.25, 0.3) is 10.6 Å². The summed E-state index contributed by atoms with van der Waals surface area (Å²) in [7, 11) is -1.37. The third kappa shape index (κ3) is 3.76. The number of aromatic nitrogens is 2. The van der Waals surface area contributed by atoms with Crippen molar-refractivity contribution >= 4 is 21.2 Å². The molecule has 130 valence electrons. The average Bonchev–Trinajstić information content (AvgIpc) is 2.90. The number of hydrogen-bond donors (Lipinski definition) is 1. The van der Waals surface area contributed by atoms with Crippen molar-refractivity contribution in [2.24, 2.45) is 12.0 Å². The maximum Gasteiger partial charge on any atom is 0.203 e. The molecule has 0 spiro atoms. The van der Waals surface area contributed by atoms with Gasteiger partial charge in [0.05, 0.1) is 17.0 Å². The Hall–Kier alpha value is -1.51. The zero-order chi connectivity index (χ0) is 17.3. The summed E-state index contributed by atoms with van der Waals surface area (Å²) >= 11 is 1.45. The van der Waals surface area contributed by atoms with Crippen LogP contribution in [0.3, 0.4) is 0 Å². The van der Waals surface area contributed by atoms with Crippen molar-refractivity contribution in [2.45, 2.75) is 42.7 Å². The zero-order valence-corrected chi connectivity index (χ0v) is 15.3. The highest BCUT2D eigenvalue weighted by Crippen LogP contribution is 2.23. The van der Waals surface area contributed by atoms with Crippen molar-refractivity contribution in [1.82, 2.24) is 9.78 Å². The fourth-order valence-corrected chi connectivity index (χ4v) is 4.39. The molecule has 1 N–H and O–H groups in total. The second kappa shape index (κ2) is 6.78. The zero-order valence-electron chi connectivity index (χ0n) is 13.7. The Labute approximate surface area is 145 Å². The lowest BCUT2D eigenvalue weighted by atomic mass is 9.93. The van der Waals surface area contributed by atoms with Gasteiger partial charge in [0.25, 0.3) is 0 Å². The van der Waals surface area contributed by atoms with Crippen LogP contribution < -0.4 is 4.80 Å². The molecule has 1 aromatic carbocycles. The van der Waals surface area contributed by atoms with Gasteiger partial charge in [0.1, 0.15) is 5.01 Å². The van der Waals surface area contributed by atoms with Gasteiger partial charge in [0.15, 0.2) is 9.84 Å². The lowest BCUT2D eigenvalue weighted by Gasteiger charge is -2.23. The Bertz CT molecular complexity index is 882. The molecule has 0 bridgehead atoms. The number of aliphatic hydroxyl groups is 1. The second-order valence-corrected chi connectivity index (χ2v) is 9.13. The normalized spacial score (nSPS) is 22.7. The first-order valence-electron chi connectivity index (χ1n) is 7.91. The molecule has 1 aromatic heterocycles. The van der Waals surface area contributed by atoms with Crippen molar-refractivity contribution < 1.29 is 13.5 Å². The van der Waals surface area contributed by atoms with Crippen molar-refractivity contribution in [2.75, 3.05) is 6.26 Å². The van der Waals surface area contributed by atoms with E-state index >= 15 is 0 Å². The van der Waals surface area contributed by atoms with Crippen LogP contribution in [0, 0.1) is 0 Å². The SMILES string of the molecule is Cn1nc(-c2ccc(S(C)(=O)=O)cc2)s/c1=N/C1CCCCC1O. The summed E-state index contributed by atoms with van der Waals surface area (Å²) in [6.45, 7) is 0. The van der Waals surface area contributed by atoms with Gasteiger partial charge in [0.2, 0.25) is 4.80 Å². The van der Waals surface area contributed by atoms with Gasteiger partial charge in [-0.1, -0.05) is 36.3 Å². The number of nitrogens with zero attached hydrogens (tertiary/aromatic N) is 3. The van der Waals surface area contributed by atoms with Crippen LogP contribution in [-0.4, -0.2) is 41.7 Å². The van der Waals surface area contributed by atoms with Crippen LogP contribution in [-0.2, 0) is 16.9 Å². The van der Waals surface area contributed by atoms with E-state index in [0.29, 0.717) is 4.90 Å².